The van der Waals surface area contributed by atoms with Crippen LogP contribution in [-0.2, 0) is 9.47 Å². The van der Waals surface area contributed by atoms with E-state index in [1.165, 1.54) is 0 Å². The summed E-state index contributed by atoms with van der Waals surface area (Å²) in [6.45, 7) is 4.72. The first-order valence-corrected chi connectivity index (χ1v) is 5.26. The summed E-state index contributed by atoms with van der Waals surface area (Å²) in [5.41, 5.74) is -0.490. The number of aliphatic hydroxyl groups excluding tert-OH is 1. The molecule has 3 nitrogen and oxygen atoms in total. The Balaban J connectivity index is 2.76. The number of hydrogen-bond acceptors (Lipinski definition) is 3. The maximum Gasteiger partial charge on any atom is 0.139 e. The van der Waals surface area contributed by atoms with Crippen molar-refractivity contribution < 1.29 is 14.6 Å². The first kappa shape index (κ1) is 11.5. The van der Waals surface area contributed by atoms with E-state index in [4.69, 9.17) is 9.47 Å². The molecule has 0 fully saturated rings. The SMILES string of the molecule is CCC(CC)(OC)C(O)C1=CCCO1. The van der Waals surface area contributed by atoms with E-state index in [0.29, 0.717) is 12.4 Å². The Morgan fingerprint density at radius 3 is 2.57 bits per heavy atom. The molecule has 14 heavy (non-hydrogen) atoms. The van der Waals surface area contributed by atoms with Gasteiger partial charge in [0.2, 0.25) is 0 Å². The molecule has 0 aromatic carbocycles. The molecular formula is C11H20O3. The van der Waals surface area contributed by atoms with Crippen molar-refractivity contribution in [1.82, 2.24) is 0 Å². The molecule has 0 aromatic rings. The maximum atomic E-state index is 10.1. The van der Waals surface area contributed by atoms with Crippen LogP contribution in [0, 0.1) is 0 Å². The highest BCUT2D eigenvalue weighted by atomic mass is 16.5. The molecule has 1 heterocycles. The highest BCUT2D eigenvalue weighted by Crippen LogP contribution is 2.30. The Labute approximate surface area is 85.7 Å². The van der Waals surface area contributed by atoms with Crippen molar-refractivity contribution in [3.05, 3.63) is 11.8 Å². The lowest BCUT2D eigenvalue weighted by Gasteiger charge is -2.35. The highest BCUT2D eigenvalue weighted by Gasteiger charge is 2.38. The lowest BCUT2D eigenvalue weighted by molar-refractivity contribution is -0.107. The van der Waals surface area contributed by atoms with Gasteiger partial charge in [-0.05, 0) is 18.9 Å². The number of ether oxygens (including phenoxy) is 2. The zero-order valence-corrected chi connectivity index (χ0v) is 9.25. The van der Waals surface area contributed by atoms with Crippen molar-refractivity contribution >= 4 is 0 Å². The Bertz CT molecular complexity index is 198. The summed E-state index contributed by atoms with van der Waals surface area (Å²) in [5.74, 6) is 0.676. The van der Waals surface area contributed by atoms with Crippen LogP contribution >= 0.6 is 0 Å². The fraction of sp³-hybridized carbons (Fsp3) is 0.818. The van der Waals surface area contributed by atoms with E-state index in [1.54, 1.807) is 7.11 Å². The van der Waals surface area contributed by atoms with Crippen LogP contribution in [0.1, 0.15) is 33.1 Å². The summed E-state index contributed by atoms with van der Waals surface area (Å²) in [4.78, 5) is 0. The normalized spacial score (nSPS) is 19.0. The third-order valence-corrected chi connectivity index (χ3v) is 3.10. The monoisotopic (exact) mass is 200 g/mol. The van der Waals surface area contributed by atoms with Crippen molar-refractivity contribution in [1.29, 1.82) is 0 Å². The minimum absolute atomic E-state index is 0.490. The van der Waals surface area contributed by atoms with Gasteiger partial charge in [0.05, 0.1) is 6.61 Å². The molecule has 0 radical (unpaired) electrons. The third-order valence-electron chi connectivity index (χ3n) is 3.10. The average Bonchev–Trinajstić information content (AvgIpc) is 2.74. The molecule has 3 heteroatoms. The van der Waals surface area contributed by atoms with Gasteiger partial charge < -0.3 is 14.6 Å². The molecule has 0 bridgehead atoms. The van der Waals surface area contributed by atoms with Crippen LogP contribution < -0.4 is 0 Å². The largest absolute Gasteiger partial charge is 0.495 e. The Morgan fingerprint density at radius 2 is 2.21 bits per heavy atom. The van der Waals surface area contributed by atoms with Gasteiger partial charge in [0.1, 0.15) is 17.5 Å². The first-order chi connectivity index (χ1) is 6.70. The van der Waals surface area contributed by atoms with Crippen LogP contribution in [0.2, 0.25) is 0 Å². The second-order valence-corrected chi connectivity index (χ2v) is 3.62. The quantitative estimate of drug-likeness (QED) is 0.736. The molecule has 0 spiro atoms. The zero-order valence-electron chi connectivity index (χ0n) is 9.25. The molecule has 0 saturated heterocycles. The van der Waals surface area contributed by atoms with Crippen LogP contribution in [0.15, 0.2) is 11.8 Å². The van der Waals surface area contributed by atoms with Crippen molar-refractivity contribution in [2.24, 2.45) is 0 Å². The smallest absolute Gasteiger partial charge is 0.139 e. The van der Waals surface area contributed by atoms with Crippen LogP contribution in [0.5, 0.6) is 0 Å². The van der Waals surface area contributed by atoms with Crippen molar-refractivity contribution in [2.75, 3.05) is 13.7 Å². The molecule has 0 saturated carbocycles. The van der Waals surface area contributed by atoms with Crippen LogP contribution in [0.25, 0.3) is 0 Å². The van der Waals surface area contributed by atoms with Crippen molar-refractivity contribution in [3.63, 3.8) is 0 Å². The molecule has 1 N–H and O–H groups in total. The highest BCUT2D eigenvalue weighted by molar-refractivity contribution is 5.10. The van der Waals surface area contributed by atoms with Gasteiger partial charge in [-0.15, -0.1) is 0 Å². The fourth-order valence-corrected chi connectivity index (χ4v) is 1.92. The summed E-state index contributed by atoms with van der Waals surface area (Å²) >= 11 is 0. The van der Waals surface area contributed by atoms with E-state index >= 15 is 0 Å². The van der Waals surface area contributed by atoms with Crippen LogP contribution in [0.4, 0.5) is 0 Å². The summed E-state index contributed by atoms with van der Waals surface area (Å²) in [6, 6.07) is 0. The molecule has 0 aromatic heterocycles. The minimum atomic E-state index is -0.634. The van der Waals surface area contributed by atoms with Crippen LogP contribution in [-0.4, -0.2) is 30.5 Å². The third kappa shape index (κ3) is 1.93. The lowest BCUT2D eigenvalue weighted by atomic mass is 9.89. The maximum absolute atomic E-state index is 10.1. The number of aliphatic hydroxyl groups is 1. The van der Waals surface area contributed by atoms with Gasteiger partial charge in [0, 0.05) is 13.5 Å². The number of hydrogen-bond donors (Lipinski definition) is 1. The molecule has 1 unspecified atom stereocenters. The molecule has 1 atom stereocenters. The van der Waals surface area contributed by atoms with Gasteiger partial charge in [-0.3, -0.25) is 0 Å². The zero-order chi connectivity index (χ0) is 10.6. The predicted octanol–water partition coefficient (Wildman–Crippen LogP) is 1.86. The topological polar surface area (TPSA) is 38.7 Å². The standard InChI is InChI=1S/C11H20O3/c1-4-11(5-2,13-3)10(12)9-7-6-8-14-9/h7,10,12H,4-6,8H2,1-3H3. The minimum Gasteiger partial charge on any atom is -0.495 e. The molecule has 82 valence electrons. The number of methoxy groups -OCH3 is 1. The van der Waals surface area contributed by atoms with Gasteiger partial charge in [-0.25, -0.2) is 0 Å². The van der Waals surface area contributed by atoms with Gasteiger partial charge in [0.15, 0.2) is 0 Å². The molecule has 1 aliphatic heterocycles. The van der Waals surface area contributed by atoms with E-state index in [0.717, 1.165) is 19.3 Å². The van der Waals surface area contributed by atoms with Crippen molar-refractivity contribution in [3.8, 4) is 0 Å². The lowest BCUT2D eigenvalue weighted by Crippen LogP contribution is -2.44. The fourth-order valence-electron chi connectivity index (χ4n) is 1.92. The van der Waals surface area contributed by atoms with E-state index in [9.17, 15) is 5.11 Å². The Hall–Kier alpha value is -0.540. The van der Waals surface area contributed by atoms with E-state index < -0.39 is 11.7 Å². The average molecular weight is 200 g/mol. The van der Waals surface area contributed by atoms with E-state index in [1.807, 2.05) is 19.9 Å². The Morgan fingerprint density at radius 1 is 1.57 bits per heavy atom. The molecular weight excluding hydrogens is 180 g/mol. The second kappa shape index (κ2) is 4.80. The predicted molar refractivity (Wildman–Crippen MR) is 55.0 cm³/mol. The molecule has 0 aliphatic carbocycles. The molecule has 1 rings (SSSR count). The van der Waals surface area contributed by atoms with E-state index in [-0.39, 0.29) is 0 Å². The van der Waals surface area contributed by atoms with Gasteiger partial charge in [-0.1, -0.05) is 13.8 Å². The summed E-state index contributed by atoms with van der Waals surface area (Å²) < 4.78 is 10.8. The first-order valence-electron chi connectivity index (χ1n) is 5.26. The van der Waals surface area contributed by atoms with Gasteiger partial charge >= 0.3 is 0 Å². The molecule has 0 amide bonds. The van der Waals surface area contributed by atoms with Crippen LogP contribution in [0.3, 0.4) is 0 Å². The van der Waals surface area contributed by atoms with Gasteiger partial charge in [-0.2, -0.15) is 0 Å². The molecule has 1 aliphatic rings. The van der Waals surface area contributed by atoms with Crippen molar-refractivity contribution in [2.45, 2.75) is 44.8 Å². The summed E-state index contributed by atoms with van der Waals surface area (Å²) in [5, 5.41) is 10.1. The summed E-state index contributed by atoms with van der Waals surface area (Å²) in [6.07, 6.45) is 3.76. The van der Waals surface area contributed by atoms with E-state index in [2.05, 4.69) is 0 Å². The van der Waals surface area contributed by atoms with Gasteiger partial charge in [0.25, 0.3) is 0 Å². The Kier molecular flexibility index (Phi) is 3.96. The second-order valence-electron chi connectivity index (χ2n) is 3.62. The summed E-state index contributed by atoms with van der Waals surface area (Å²) in [7, 11) is 1.64. The number of rotatable bonds is 5.